The number of H-pyrrole nitrogens is 1. The number of hydrogen-bond donors (Lipinski definition) is 1. The van der Waals surface area contributed by atoms with E-state index < -0.39 is 0 Å². The van der Waals surface area contributed by atoms with Crippen LogP contribution in [0.2, 0.25) is 0 Å². The van der Waals surface area contributed by atoms with Crippen LogP contribution in [0.15, 0.2) is 36.8 Å². The zero-order valence-corrected chi connectivity index (χ0v) is 15.5. The summed E-state index contributed by atoms with van der Waals surface area (Å²) in [4.78, 5) is 19.5. The van der Waals surface area contributed by atoms with Crippen LogP contribution in [0.25, 0.3) is 22.6 Å². The van der Waals surface area contributed by atoms with E-state index in [1.165, 1.54) is 18.5 Å². The number of hydrogen-bond acceptors (Lipinski definition) is 5. The Morgan fingerprint density at radius 3 is 2.78 bits per heavy atom. The molecule has 0 atom stereocenters. The number of anilines is 1. The van der Waals surface area contributed by atoms with Crippen LogP contribution < -0.4 is 4.90 Å². The summed E-state index contributed by atoms with van der Waals surface area (Å²) in [5.41, 5.74) is 6.57. The van der Waals surface area contributed by atoms with Crippen molar-refractivity contribution >= 4 is 5.69 Å². The second-order valence-electron chi connectivity index (χ2n) is 7.32. The summed E-state index contributed by atoms with van der Waals surface area (Å²) >= 11 is 0. The number of nitrogens with one attached hydrogen (secondary N) is 1. The van der Waals surface area contributed by atoms with E-state index in [9.17, 15) is 0 Å². The molecule has 0 spiro atoms. The first-order valence-electron chi connectivity index (χ1n) is 9.59. The first-order chi connectivity index (χ1) is 13.3. The average Bonchev–Trinajstić information content (AvgIpc) is 3.50. The minimum absolute atomic E-state index is 0.656. The maximum atomic E-state index is 5.45. The molecule has 0 amide bonds. The number of aromatic amines is 1. The van der Waals surface area contributed by atoms with Crippen LogP contribution in [0.3, 0.4) is 0 Å². The Labute approximate surface area is 158 Å². The number of aromatic nitrogens is 4. The van der Waals surface area contributed by atoms with E-state index in [0.717, 1.165) is 60.3 Å². The van der Waals surface area contributed by atoms with Gasteiger partial charge in [0.1, 0.15) is 5.69 Å². The fourth-order valence-corrected chi connectivity index (χ4v) is 3.68. The highest BCUT2D eigenvalue weighted by Gasteiger charge is 2.28. The van der Waals surface area contributed by atoms with Crippen molar-refractivity contribution in [2.24, 2.45) is 0 Å². The lowest BCUT2D eigenvalue weighted by atomic mass is 10.1. The highest BCUT2D eigenvalue weighted by atomic mass is 16.5. The van der Waals surface area contributed by atoms with E-state index in [4.69, 9.17) is 9.72 Å². The predicted octanol–water partition coefficient (Wildman–Crippen LogP) is 3.56. The molecule has 5 rings (SSSR count). The molecule has 0 aromatic carbocycles. The summed E-state index contributed by atoms with van der Waals surface area (Å²) in [6.07, 6.45) is 8.20. The Morgan fingerprint density at radius 1 is 1.11 bits per heavy atom. The van der Waals surface area contributed by atoms with Crippen molar-refractivity contribution in [3.63, 3.8) is 0 Å². The topological polar surface area (TPSA) is 66.9 Å². The Bertz CT molecular complexity index is 957. The lowest BCUT2D eigenvalue weighted by molar-refractivity contribution is 0.122. The van der Waals surface area contributed by atoms with Gasteiger partial charge in [-0.15, -0.1) is 0 Å². The van der Waals surface area contributed by atoms with Gasteiger partial charge < -0.3 is 14.6 Å². The molecule has 1 saturated heterocycles. The first-order valence-corrected chi connectivity index (χ1v) is 9.59. The molecule has 4 heterocycles. The number of nitrogens with zero attached hydrogens (tertiary/aromatic N) is 4. The van der Waals surface area contributed by atoms with Gasteiger partial charge in [0.25, 0.3) is 0 Å². The predicted molar refractivity (Wildman–Crippen MR) is 105 cm³/mol. The Morgan fingerprint density at radius 2 is 1.96 bits per heavy atom. The number of pyridine rings is 2. The molecular weight excluding hydrogens is 338 g/mol. The Balaban J connectivity index is 1.46. The monoisotopic (exact) mass is 361 g/mol. The van der Waals surface area contributed by atoms with Gasteiger partial charge >= 0.3 is 0 Å². The molecule has 0 bridgehead atoms. The minimum atomic E-state index is 0.656. The maximum Gasteiger partial charge on any atom is 0.156 e. The van der Waals surface area contributed by atoms with Gasteiger partial charge in [0, 0.05) is 42.7 Å². The third-order valence-corrected chi connectivity index (χ3v) is 5.34. The average molecular weight is 361 g/mol. The summed E-state index contributed by atoms with van der Waals surface area (Å²) in [7, 11) is 0. The first kappa shape index (κ1) is 16.4. The van der Waals surface area contributed by atoms with Crippen LogP contribution in [-0.4, -0.2) is 46.2 Å². The molecule has 2 fully saturated rings. The zero-order chi connectivity index (χ0) is 18.2. The fraction of sp³-hybridized carbons (Fsp3) is 0.381. The normalized spacial score (nSPS) is 17.3. The van der Waals surface area contributed by atoms with E-state index >= 15 is 0 Å². The molecule has 6 nitrogen and oxygen atoms in total. The Kier molecular flexibility index (Phi) is 4.13. The highest BCUT2D eigenvalue weighted by Crippen LogP contribution is 2.41. The molecule has 3 aromatic rings. The van der Waals surface area contributed by atoms with Crippen LogP contribution in [0.1, 0.15) is 30.1 Å². The zero-order valence-electron chi connectivity index (χ0n) is 15.5. The molecule has 138 valence electrons. The van der Waals surface area contributed by atoms with Gasteiger partial charge in [-0.3, -0.25) is 9.97 Å². The fourth-order valence-electron chi connectivity index (χ4n) is 3.68. The van der Waals surface area contributed by atoms with Crippen molar-refractivity contribution in [1.29, 1.82) is 0 Å². The standard InChI is InChI=1S/C21H23N5O/c1-14-20(15-2-3-15)25-21(24-14)19-11-16(4-5-23-19)17-10-18(13-22-12-17)26-6-8-27-9-7-26/h4-5,10-13,15H,2-3,6-9H2,1H3,(H,24,25). The van der Waals surface area contributed by atoms with Crippen molar-refractivity contribution in [3.05, 3.63) is 48.2 Å². The minimum Gasteiger partial charge on any atom is -0.378 e. The number of imidazole rings is 1. The van der Waals surface area contributed by atoms with E-state index in [2.05, 4.69) is 38.9 Å². The summed E-state index contributed by atoms with van der Waals surface area (Å²) in [5.74, 6) is 1.51. The molecule has 0 unspecified atom stereocenters. The third kappa shape index (κ3) is 3.32. The van der Waals surface area contributed by atoms with Gasteiger partial charge in [0.05, 0.1) is 30.8 Å². The summed E-state index contributed by atoms with van der Waals surface area (Å²) in [6, 6.07) is 6.32. The Hall–Kier alpha value is -2.73. The van der Waals surface area contributed by atoms with Crippen molar-refractivity contribution in [3.8, 4) is 22.6 Å². The SMILES string of the molecule is Cc1nc(-c2cc(-c3cncc(N4CCOCC4)c3)ccn2)[nH]c1C1CC1. The summed E-state index contributed by atoms with van der Waals surface area (Å²) in [5, 5.41) is 0. The van der Waals surface area contributed by atoms with E-state index in [-0.39, 0.29) is 0 Å². The van der Waals surface area contributed by atoms with Gasteiger partial charge in [-0.25, -0.2) is 4.98 Å². The molecule has 27 heavy (non-hydrogen) atoms. The van der Waals surface area contributed by atoms with E-state index in [0.29, 0.717) is 5.92 Å². The largest absolute Gasteiger partial charge is 0.378 e. The summed E-state index contributed by atoms with van der Waals surface area (Å²) < 4.78 is 5.45. The van der Waals surface area contributed by atoms with Crippen LogP contribution in [0.4, 0.5) is 5.69 Å². The van der Waals surface area contributed by atoms with Crippen molar-refractivity contribution < 1.29 is 4.74 Å². The van der Waals surface area contributed by atoms with Gasteiger partial charge in [0.15, 0.2) is 5.82 Å². The molecular formula is C21H23N5O. The lowest BCUT2D eigenvalue weighted by Gasteiger charge is -2.28. The second-order valence-corrected chi connectivity index (χ2v) is 7.32. The highest BCUT2D eigenvalue weighted by molar-refractivity contribution is 5.70. The van der Waals surface area contributed by atoms with Gasteiger partial charge in [-0.05, 0) is 43.5 Å². The maximum absolute atomic E-state index is 5.45. The van der Waals surface area contributed by atoms with Crippen molar-refractivity contribution in [2.75, 3.05) is 31.2 Å². The number of rotatable bonds is 4. The van der Waals surface area contributed by atoms with Crippen LogP contribution in [0, 0.1) is 6.92 Å². The summed E-state index contributed by atoms with van der Waals surface area (Å²) in [6.45, 7) is 5.42. The van der Waals surface area contributed by atoms with Crippen LogP contribution in [0.5, 0.6) is 0 Å². The van der Waals surface area contributed by atoms with Gasteiger partial charge in [0.2, 0.25) is 0 Å². The number of aryl methyl sites for hydroxylation is 1. The molecule has 3 aromatic heterocycles. The van der Waals surface area contributed by atoms with Crippen LogP contribution in [-0.2, 0) is 4.74 Å². The molecule has 6 heteroatoms. The van der Waals surface area contributed by atoms with Crippen molar-refractivity contribution in [1.82, 2.24) is 19.9 Å². The molecule has 1 aliphatic heterocycles. The lowest BCUT2D eigenvalue weighted by Crippen LogP contribution is -2.36. The van der Waals surface area contributed by atoms with E-state index in [1.54, 1.807) is 0 Å². The van der Waals surface area contributed by atoms with Gasteiger partial charge in [-0.2, -0.15) is 0 Å². The molecule has 2 aliphatic rings. The van der Waals surface area contributed by atoms with Crippen molar-refractivity contribution in [2.45, 2.75) is 25.7 Å². The third-order valence-electron chi connectivity index (χ3n) is 5.34. The van der Waals surface area contributed by atoms with Gasteiger partial charge in [-0.1, -0.05) is 0 Å². The molecule has 1 aliphatic carbocycles. The molecule has 1 saturated carbocycles. The smallest absolute Gasteiger partial charge is 0.156 e. The number of morpholine rings is 1. The molecule has 1 N–H and O–H groups in total. The quantitative estimate of drug-likeness (QED) is 0.770. The van der Waals surface area contributed by atoms with E-state index in [1.807, 2.05) is 24.7 Å². The second kappa shape index (κ2) is 6.78. The van der Waals surface area contributed by atoms with Crippen LogP contribution >= 0.6 is 0 Å². The molecule has 0 radical (unpaired) electrons. The number of ether oxygens (including phenoxy) is 1.